The summed E-state index contributed by atoms with van der Waals surface area (Å²) in [6, 6.07) is 18.6. The van der Waals surface area contributed by atoms with Crippen LogP contribution < -0.4 is 0 Å². The molecule has 0 spiro atoms. The molecule has 0 saturated carbocycles. The molecule has 9 nitrogen and oxygen atoms in total. The van der Waals surface area contributed by atoms with Crippen LogP contribution in [0, 0.1) is 5.95 Å². The van der Waals surface area contributed by atoms with Crippen LogP contribution in [0.15, 0.2) is 85.5 Å². The molecule has 0 aliphatic carbocycles. The molecule has 4 aromatic heterocycles. The number of fused-ring (bicyclic) bond motifs is 2. The van der Waals surface area contributed by atoms with E-state index in [1.54, 1.807) is 41.3 Å². The minimum absolute atomic E-state index is 0. The lowest BCUT2D eigenvalue weighted by molar-refractivity contribution is 0.0734. The molecule has 1 N–H and O–H groups in total. The van der Waals surface area contributed by atoms with Gasteiger partial charge in [-0.25, -0.2) is 9.67 Å². The van der Waals surface area contributed by atoms with Crippen LogP contribution in [-0.2, 0) is 13.0 Å². The summed E-state index contributed by atoms with van der Waals surface area (Å²) in [5.41, 5.74) is 6.82. The van der Waals surface area contributed by atoms with Crippen molar-refractivity contribution >= 4 is 29.2 Å². The number of rotatable bonds is 4. The van der Waals surface area contributed by atoms with Crippen LogP contribution >= 0.6 is 12.4 Å². The largest absolute Gasteiger partial charge is 0.334 e. The number of nitrogens with one attached hydrogen (secondary N) is 1. The molecule has 1 aliphatic heterocycles. The third-order valence-electron chi connectivity index (χ3n) is 7.03. The predicted molar refractivity (Wildman–Crippen MR) is 150 cm³/mol. The van der Waals surface area contributed by atoms with Crippen LogP contribution in [0.25, 0.3) is 39.1 Å². The highest BCUT2D eigenvalue weighted by molar-refractivity contribution is 5.95. The summed E-state index contributed by atoms with van der Waals surface area (Å²) in [5, 5.41) is 17.0. The molecule has 11 heteroatoms. The Morgan fingerprint density at radius 1 is 1.00 bits per heavy atom. The van der Waals surface area contributed by atoms with Crippen LogP contribution in [0.4, 0.5) is 4.39 Å². The maximum Gasteiger partial charge on any atom is 0.255 e. The number of carbonyl (C=O) groups excluding carboxylic acids is 1. The third kappa shape index (κ3) is 4.48. The quantitative estimate of drug-likeness (QED) is 0.308. The monoisotopic (exact) mass is 552 g/mol. The van der Waals surface area contributed by atoms with Gasteiger partial charge in [0.2, 0.25) is 5.95 Å². The molecular weight excluding hydrogens is 531 g/mol. The summed E-state index contributed by atoms with van der Waals surface area (Å²) >= 11 is 0. The molecule has 0 saturated heterocycles. The zero-order chi connectivity index (χ0) is 26.3. The molecule has 0 bridgehead atoms. The Hall–Kier alpha value is -4.96. The second-order valence-corrected chi connectivity index (χ2v) is 9.39. The minimum Gasteiger partial charge on any atom is -0.334 e. The van der Waals surface area contributed by atoms with Crippen molar-refractivity contribution in [3.8, 4) is 28.2 Å². The maximum absolute atomic E-state index is 14.3. The number of hydrogen-bond acceptors (Lipinski definition) is 6. The summed E-state index contributed by atoms with van der Waals surface area (Å²) < 4.78 is 16.0. The Morgan fingerprint density at radius 2 is 1.90 bits per heavy atom. The van der Waals surface area contributed by atoms with Gasteiger partial charge in [0.15, 0.2) is 0 Å². The second kappa shape index (κ2) is 10.3. The molecule has 0 atom stereocenters. The van der Waals surface area contributed by atoms with Crippen molar-refractivity contribution in [3.63, 3.8) is 0 Å². The fourth-order valence-electron chi connectivity index (χ4n) is 5.01. The van der Waals surface area contributed by atoms with Gasteiger partial charge in [-0.05, 0) is 71.6 Å². The van der Waals surface area contributed by atoms with Gasteiger partial charge >= 0.3 is 0 Å². The molecule has 5 heterocycles. The number of hydrogen-bond donors (Lipinski definition) is 1. The van der Waals surface area contributed by atoms with Crippen LogP contribution in [-0.4, -0.2) is 52.5 Å². The zero-order valence-electron chi connectivity index (χ0n) is 21.0. The van der Waals surface area contributed by atoms with Crippen LogP contribution in [0.2, 0.25) is 0 Å². The van der Waals surface area contributed by atoms with E-state index in [1.807, 2.05) is 41.4 Å². The first kappa shape index (κ1) is 25.3. The number of aromatic nitrogens is 7. The summed E-state index contributed by atoms with van der Waals surface area (Å²) in [5.74, 6) is -0.556. The van der Waals surface area contributed by atoms with Gasteiger partial charge in [0.05, 0.1) is 23.0 Å². The van der Waals surface area contributed by atoms with Gasteiger partial charge in [-0.2, -0.15) is 9.49 Å². The van der Waals surface area contributed by atoms with E-state index in [9.17, 15) is 9.18 Å². The first-order valence-electron chi connectivity index (χ1n) is 12.5. The second-order valence-electron chi connectivity index (χ2n) is 9.39. The maximum atomic E-state index is 14.3. The normalized spacial score (nSPS) is 12.7. The van der Waals surface area contributed by atoms with Crippen molar-refractivity contribution in [1.82, 2.24) is 40.1 Å². The van der Waals surface area contributed by atoms with Crippen LogP contribution in [0.1, 0.15) is 21.5 Å². The molecule has 0 unspecified atom stereocenters. The molecule has 198 valence electrons. The smallest absolute Gasteiger partial charge is 0.255 e. The van der Waals surface area contributed by atoms with E-state index in [4.69, 9.17) is 0 Å². The third-order valence-corrected chi connectivity index (χ3v) is 7.03. The van der Waals surface area contributed by atoms with Crippen molar-refractivity contribution in [2.24, 2.45) is 0 Å². The lowest BCUT2D eigenvalue weighted by Gasteiger charge is -2.29. The average Bonchev–Trinajstić information content (AvgIpc) is 3.64. The van der Waals surface area contributed by atoms with Gasteiger partial charge in [-0.15, -0.1) is 17.5 Å². The molecular formula is C29H22ClFN8O. The van der Waals surface area contributed by atoms with E-state index < -0.39 is 5.95 Å². The number of H-pyrrole nitrogens is 1. The van der Waals surface area contributed by atoms with Crippen molar-refractivity contribution in [2.45, 2.75) is 13.0 Å². The fourth-order valence-corrected chi connectivity index (χ4v) is 5.01. The fraction of sp³-hybridized carbons (Fsp3) is 0.103. The topological polar surface area (TPSA) is 105 Å². The van der Waals surface area contributed by atoms with Crippen molar-refractivity contribution < 1.29 is 9.18 Å². The minimum atomic E-state index is -0.527. The number of halogens is 2. The van der Waals surface area contributed by atoms with Gasteiger partial charge in [-0.3, -0.25) is 14.9 Å². The molecule has 1 aliphatic rings. The molecule has 6 aromatic rings. The Bertz CT molecular complexity index is 1850. The number of pyridine rings is 2. The summed E-state index contributed by atoms with van der Waals surface area (Å²) in [6.45, 7) is 1.17. The molecule has 0 radical (unpaired) electrons. The van der Waals surface area contributed by atoms with E-state index in [0.717, 1.165) is 28.6 Å². The Balaban J connectivity index is 0.00000289. The van der Waals surface area contributed by atoms with Gasteiger partial charge < -0.3 is 4.90 Å². The summed E-state index contributed by atoms with van der Waals surface area (Å²) in [4.78, 5) is 22.6. The Kier molecular flexibility index (Phi) is 6.53. The first-order valence-corrected chi connectivity index (χ1v) is 12.5. The van der Waals surface area contributed by atoms with E-state index >= 15 is 0 Å². The van der Waals surface area contributed by atoms with Gasteiger partial charge in [0.1, 0.15) is 11.4 Å². The highest BCUT2D eigenvalue weighted by Crippen LogP contribution is 2.31. The van der Waals surface area contributed by atoms with Crippen molar-refractivity contribution in [3.05, 3.63) is 108 Å². The van der Waals surface area contributed by atoms with E-state index in [0.29, 0.717) is 41.2 Å². The number of carbonyl (C=O) groups is 1. The lowest BCUT2D eigenvalue weighted by Crippen LogP contribution is -2.36. The number of benzene rings is 2. The Labute approximate surface area is 234 Å². The predicted octanol–water partition coefficient (Wildman–Crippen LogP) is 5.03. The Morgan fingerprint density at radius 3 is 2.75 bits per heavy atom. The highest BCUT2D eigenvalue weighted by atomic mass is 35.5. The van der Waals surface area contributed by atoms with Crippen molar-refractivity contribution in [1.29, 1.82) is 0 Å². The molecule has 1 amide bonds. The van der Waals surface area contributed by atoms with E-state index in [1.165, 1.54) is 11.8 Å². The number of amides is 1. The van der Waals surface area contributed by atoms with Gasteiger partial charge in [0.25, 0.3) is 5.91 Å². The number of aromatic amines is 1. The van der Waals surface area contributed by atoms with E-state index in [-0.39, 0.29) is 18.3 Å². The molecule has 7 rings (SSSR count). The zero-order valence-corrected chi connectivity index (χ0v) is 21.8. The lowest BCUT2D eigenvalue weighted by atomic mass is 9.98. The van der Waals surface area contributed by atoms with Gasteiger partial charge in [-0.1, -0.05) is 17.3 Å². The number of nitrogens with zero attached hydrogens (tertiary/aromatic N) is 7. The molecule has 40 heavy (non-hydrogen) atoms. The average molecular weight is 553 g/mol. The van der Waals surface area contributed by atoms with Crippen LogP contribution in [0.5, 0.6) is 0 Å². The first-order chi connectivity index (χ1) is 19.1. The molecule has 2 aromatic carbocycles. The molecule has 0 fully saturated rings. The summed E-state index contributed by atoms with van der Waals surface area (Å²) in [6.07, 6.45) is 7.28. The van der Waals surface area contributed by atoms with Gasteiger partial charge in [0, 0.05) is 42.6 Å². The van der Waals surface area contributed by atoms with E-state index in [2.05, 4.69) is 36.5 Å². The SMILES string of the molecule is Cl.O=C(c1cccnc1)N1CCc2ccc(-n3cc(-c4n[nH]c5ccc(-c6cccnc6F)cc45)nn3)cc2C1. The van der Waals surface area contributed by atoms with Crippen LogP contribution in [0.3, 0.4) is 0 Å². The standard InChI is InChI=1S/C29H21FN8O.ClH/c30-28-23(4-2-11-32-28)19-6-8-25-24(14-19)27(35-33-25)26-17-38(36-34-26)22-7-5-18-9-12-37(16-21(18)13-22)29(39)20-3-1-10-31-15-20;/h1-8,10-11,13-15,17H,9,12,16H2,(H,33,35);1H. The van der Waals surface area contributed by atoms with Crippen molar-refractivity contribution in [2.75, 3.05) is 6.54 Å². The highest BCUT2D eigenvalue weighted by Gasteiger charge is 2.23. The summed E-state index contributed by atoms with van der Waals surface area (Å²) in [7, 11) is 0.